The van der Waals surface area contributed by atoms with Crippen molar-refractivity contribution in [2.45, 2.75) is 40.0 Å². The van der Waals surface area contributed by atoms with Gasteiger partial charge in [0.25, 0.3) is 0 Å². The van der Waals surface area contributed by atoms with Crippen LogP contribution in [0.3, 0.4) is 0 Å². The first kappa shape index (κ1) is 15.8. The van der Waals surface area contributed by atoms with E-state index < -0.39 is 0 Å². The molecule has 1 nitrogen and oxygen atoms in total. The maximum atomic E-state index is 3.52. The van der Waals surface area contributed by atoms with Gasteiger partial charge in [-0.1, -0.05) is 60.5 Å². The predicted molar refractivity (Wildman–Crippen MR) is 92.1 cm³/mol. The standard InChI is InChI=1S/C20H27N/c1-5-21-14-20(18-8-6-7-15(2)11-18)13-19-12-16(3)9-10-17(19)4/h6-12,20-21H,5,13-14H2,1-4H3. The summed E-state index contributed by atoms with van der Waals surface area (Å²) in [5.74, 6) is 0.533. The smallest absolute Gasteiger partial charge is 0.00232 e. The highest BCUT2D eigenvalue weighted by Gasteiger charge is 2.13. The fourth-order valence-corrected chi connectivity index (χ4v) is 2.84. The first-order chi connectivity index (χ1) is 10.1. The highest BCUT2D eigenvalue weighted by atomic mass is 14.8. The third-order valence-electron chi connectivity index (χ3n) is 4.13. The number of likely N-dealkylation sites (N-methyl/N-ethyl adjacent to an activating group) is 1. The van der Waals surface area contributed by atoms with Crippen LogP contribution < -0.4 is 5.32 Å². The van der Waals surface area contributed by atoms with E-state index in [0.717, 1.165) is 19.5 Å². The third-order valence-corrected chi connectivity index (χ3v) is 4.13. The summed E-state index contributed by atoms with van der Waals surface area (Å²) in [4.78, 5) is 0. The van der Waals surface area contributed by atoms with Crippen LogP contribution in [0.2, 0.25) is 0 Å². The molecule has 2 rings (SSSR count). The summed E-state index contributed by atoms with van der Waals surface area (Å²) in [6.45, 7) is 10.8. The molecule has 1 atom stereocenters. The van der Waals surface area contributed by atoms with E-state index in [-0.39, 0.29) is 0 Å². The molecule has 0 aromatic heterocycles. The quantitative estimate of drug-likeness (QED) is 0.819. The topological polar surface area (TPSA) is 12.0 Å². The number of rotatable bonds is 6. The van der Waals surface area contributed by atoms with Crippen LogP contribution in [0.15, 0.2) is 42.5 Å². The van der Waals surface area contributed by atoms with Gasteiger partial charge < -0.3 is 5.32 Å². The van der Waals surface area contributed by atoms with Gasteiger partial charge in [-0.05, 0) is 50.4 Å². The molecule has 2 aromatic carbocycles. The molecular weight excluding hydrogens is 254 g/mol. The lowest BCUT2D eigenvalue weighted by molar-refractivity contribution is 0.593. The van der Waals surface area contributed by atoms with Crippen LogP contribution in [0.25, 0.3) is 0 Å². The van der Waals surface area contributed by atoms with Gasteiger partial charge in [0.15, 0.2) is 0 Å². The summed E-state index contributed by atoms with van der Waals surface area (Å²) in [7, 11) is 0. The summed E-state index contributed by atoms with van der Waals surface area (Å²) in [5.41, 5.74) is 7.00. The highest BCUT2D eigenvalue weighted by Crippen LogP contribution is 2.24. The lowest BCUT2D eigenvalue weighted by Gasteiger charge is -2.20. The van der Waals surface area contributed by atoms with E-state index in [0.29, 0.717) is 5.92 Å². The minimum Gasteiger partial charge on any atom is -0.316 e. The maximum absolute atomic E-state index is 3.52. The number of nitrogens with one attached hydrogen (secondary N) is 1. The summed E-state index contributed by atoms with van der Waals surface area (Å²) < 4.78 is 0. The van der Waals surface area contributed by atoms with Crippen molar-refractivity contribution >= 4 is 0 Å². The second-order valence-corrected chi connectivity index (χ2v) is 6.05. The molecule has 0 aliphatic rings. The van der Waals surface area contributed by atoms with Crippen LogP contribution >= 0.6 is 0 Å². The zero-order chi connectivity index (χ0) is 15.2. The minimum absolute atomic E-state index is 0.533. The summed E-state index contributed by atoms with van der Waals surface area (Å²) >= 11 is 0. The number of aryl methyl sites for hydroxylation is 3. The Balaban J connectivity index is 2.25. The molecule has 1 unspecified atom stereocenters. The van der Waals surface area contributed by atoms with Crippen LogP contribution in [-0.2, 0) is 6.42 Å². The fourth-order valence-electron chi connectivity index (χ4n) is 2.84. The molecule has 0 radical (unpaired) electrons. The highest BCUT2D eigenvalue weighted by molar-refractivity contribution is 5.34. The Labute approximate surface area is 129 Å². The van der Waals surface area contributed by atoms with Crippen molar-refractivity contribution in [3.05, 3.63) is 70.3 Å². The van der Waals surface area contributed by atoms with Gasteiger partial charge in [0, 0.05) is 12.5 Å². The monoisotopic (exact) mass is 281 g/mol. The normalized spacial score (nSPS) is 12.4. The van der Waals surface area contributed by atoms with Gasteiger partial charge in [-0.2, -0.15) is 0 Å². The molecule has 0 aliphatic heterocycles. The molecule has 21 heavy (non-hydrogen) atoms. The maximum Gasteiger partial charge on any atom is 0.00232 e. The molecular formula is C20H27N. The Bertz CT molecular complexity index is 586. The van der Waals surface area contributed by atoms with Crippen LogP contribution in [0.1, 0.15) is 40.7 Å². The molecule has 1 N–H and O–H groups in total. The zero-order valence-electron chi connectivity index (χ0n) is 13.7. The van der Waals surface area contributed by atoms with Gasteiger partial charge in [0.1, 0.15) is 0 Å². The zero-order valence-corrected chi connectivity index (χ0v) is 13.7. The van der Waals surface area contributed by atoms with E-state index in [9.17, 15) is 0 Å². The lowest BCUT2D eigenvalue weighted by Crippen LogP contribution is -2.23. The molecule has 0 amide bonds. The van der Waals surface area contributed by atoms with E-state index in [2.05, 4.69) is 75.5 Å². The Morgan fingerprint density at radius 3 is 2.43 bits per heavy atom. The van der Waals surface area contributed by atoms with Crippen molar-refractivity contribution in [1.82, 2.24) is 5.32 Å². The predicted octanol–water partition coefficient (Wildman–Crippen LogP) is 4.55. The molecule has 0 heterocycles. The van der Waals surface area contributed by atoms with Crippen molar-refractivity contribution in [2.24, 2.45) is 0 Å². The number of benzene rings is 2. The van der Waals surface area contributed by atoms with Crippen LogP contribution in [-0.4, -0.2) is 13.1 Å². The largest absolute Gasteiger partial charge is 0.316 e. The van der Waals surface area contributed by atoms with Gasteiger partial charge in [-0.15, -0.1) is 0 Å². The van der Waals surface area contributed by atoms with Gasteiger partial charge in [0.05, 0.1) is 0 Å². The molecule has 0 saturated carbocycles. The van der Waals surface area contributed by atoms with E-state index in [1.165, 1.54) is 27.8 Å². The molecule has 112 valence electrons. The average molecular weight is 281 g/mol. The molecule has 0 saturated heterocycles. The second-order valence-electron chi connectivity index (χ2n) is 6.05. The van der Waals surface area contributed by atoms with E-state index in [1.54, 1.807) is 0 Å². The SMILES string of the molecule is CCNCC(Cc1cc(C)ccc1C)c1cccc(C)c1. The summed E-state index contributed by atoms with van der Waals surface area (Å²) in [6.07, 6.45) is 1.10. The first-order valence-corrected chi connectivity index (χ1v) is 7.93. The van der Waals surface area contributed by atoms with Crippen LogP contribution in [0.4, 0.5) is 0 Å². The second kappa shape index (κ2) is 7.42. The molecule has 0 spiro atoms. The van der Waals surface area contributed by atoms with Crippen molar-refractivity contribution in [3.8, 4) is 0 Å². The van der Waals surface area contributed by atoms with Crippen molar-refractivity contribution < 1.29 is 0 Å². The van der Waals surface area contributed by atoms with E-state index in [4.69, 9.17) is 0 Å². The number of hydrogen-bond acceptors (Lipinski definition) is 1. The van der Waals surface area contributed by atoms with Crippen molar-refractivity contribution in [3.63, 3.8) is 0 Å². The van der Waals surface area contributed by atoms with Gasteiger partial charge >= 0.3 is 0 Å². The van der Waals surface area contributed by atoms with Crippen LogP contribution in [0, 0.1) is 20.8 Å². The van der Waals surface area contributed by atoms with Crippen LogP contribution in [0.5, 0.6) is 0 Å². The third kappa shape index (κ3) is 4.44. The minimum atomic E-state index is 0.533. The van der Waals surface area contributed by atoms with Gasteiger partial charge in [-0.25, -0.2) is 0 Å². The Morgan fingerprint density at radius 2 is 1.71 bits per heavy atom. The summed E-state index contributed by atoms with van der Waals surface area (Å²) in [5, 5.41) is 3.52. The van der Waals surface area contributed by atoms with Gasteiger partial charge in [-0.3, -0.25) is 0 Å². The average Bonchev–Trinajstić information content (AvgIpc) is 2.47. The van der Waals surface area contributed by atoms with E-state index in [1.807, 2.05) is 0 Å². The fraction of sp³-hybridized carbons (Fsp3) is 0.400. The summed E-state index contributed by atoms with van der Waals surface area (Å²) in [6, 6.07) is 15.7. The molecule has 2 aromatic rings. The first-order valence-electron chi connectivity index (χ1n) is 7.93. The number of hydrogen-bond donors (Lipinski definition) is 1. The lowest BCUT2D eigenvalue weighted by atomic mass is 9.89. The van der Waals surface area contributed by atoms with Crippen molar-refractivity contribution in [1.29, 1.82) is 0 Å². The Morgan fingerprint density at radius 1 is 0.952 bits per heavy atom. The molecule has 1 heteroatoms. The van der Waals surface area contributed by atoms with Gasteiger partial charge in [0.2, 0.25) is 0 Å². The van der Waals surface area contributed by atoms with E-state index >= 15 is 0 Å². The molecule has 0 fully saturated rings. The molecule has 0 bridgehead atoms. The molecule has 0 aliphatic carbocycles. The van der Waals surface area contributed by atoms with Crippen molar-refractivity contribution in [2.75, 3.05) is 13.1 Å². The Hall–Kier alpha value is -1.60. The Kier molecular flexibility index (Phi) is 5.58.